The van der Waals surface area contributed by atoms with Gasteiger partial charge >= 0.3 is 0 Å². The Labute approximate surface area is 193 Å². The average Bonchev–Trinajstić information content (AvgIpc) is 3.65. The molecule has 1 aromatic carbocycles. The Hall–Kier alpha value is -3.42. The van der Waals surface area contributed by atoms with Crippen LogP contribution in [0.3, 0.4) is 0 Å². The lowest BCUT2D eigenvalue weighted by Gasteiger charge is -2.28. The van der Waals surface area contributed by atoms with Crippen molar-refractivity contribution in [3.05, 3.63) is 47.7 Å². The molecule has 1 atom stereocenters. The number of likely N-dealkylation sites (tertiary alicyclic amines) is 1. The summed E-state index contributed by atoms with van der Waals surface area (Å²) >= 11 is 0. The highest BCUT2D eigenvalue weighted by molar-refractivity contribution is 5.85. The molecule has 2 N–H and O–H groups in total. The molecule has 0 bridgehead atoms. The van der Waals surface area contributed by atoms with Crippen molar-refractivity contribution in [3.8, 4) is 11.3 Å². The maximum atomic E-state index is 13.2. The van der Waals surface area contributed by atoms with Crippen LogP contribution in [0.2, 0.25) is 0 Å². The number of aromatic amines is 1. The second-order valence-electron chi connectivity index (χ2n) is 9.19. The molecular weight excluding hydrogens is 414 g/mol. The van der Waals surface area contributed by atoms with Gasteiger partial charge in [0.15, 0.2) is 5.82 Å². The van der Waals surface area contributed by atoms with Crippen molar-refractivity contribution in [2.75, 3.05) is 29.9 Å². The first-order chi connectivity index (χ1) is 16.3. The number of aromatic nitrogens is 4. The van der Waals surface area contributed by atoms with E-state index in [2.05, 4.69) is 32.5 Å². The lowest BCUT2D eigenvalue weighted by atomic mass is 10.1. The van der Waals surface area contributed by atoms with E-state index in [9.17, 15) is 4.79 Å². The molecule has 2 saturated heterocycles. The smallest absolute Gasteiger partial charge is 0.245 e. The van der Waals surface area contributed by atoms with E-state index in [4.69, 9.17) is 9.97 Å². The van der Waals surface area contributed by atoms with Crippen molar-refractivity contribution >= 4 is 23.5 Å². The van der Waals surface area contributed by atoms with Crippen molar-refractivity contribution in [1.29, 1.82) is 0 Å². The summed E-state index contributed by atoms with van der Waals surface area (Å²) < 4.78 is 0. The van der Waals surface area contributed by atoms with Crippen LogP contribution in [0.25, 0.3) is 11.3 Å². The van der Waals surface area contributed by atoms with Gasteiger partial charge in [-0.05, 0) is 50.5 Å². The first kappa shape index (κ1) is 20.2. The standard InChI is InChI=1S/C25H29N7O/c33-24(31-13-4-5-14-31)21-12-7-15-32(21)25-26-19-11-6-10-18(19)23(28-25)27-22-16-20(29-30-22)17-8-2-1-3-9-17/h1-3,8-9,16,21H,4-7,10-15H2,(H2,26,27,28,29,30). The van der Waals surface area contributed by atoms with Crippen LogP contribution in [-0.4, -0.2) is 56.6 Å². The quantitative estimate of drug-likeness (QED) is 0.625. The lowest BCUT2D eigenvalue weighted by molar-refractivity contribution is -0.131. The van der Waals surface area contributed by atoms with Gasteiger partial charge in [0.05, 0.1) is 11.4 Å². The van der Waals surface area contributed by atoms with E-state index in [-0.39, 0.29) is 11.9 Å². The minimum absolute atomic E-state index is 0.148. The molecule has 3 aromatic rings. The number of amides is 1. The summed E-state index contributed by atoms with van der Waals surface area (Å²) in [6.07, 6.45) is 7.07. The monoisotopic (exact) mass is 443 g/mol. The van der Waals surface area contributed by atoms with Gasteiger partial charge in [0, 0.05) is 31.3 Å². The minimum Gasteiger partial charge on any atom is -0.341 e. The Balaban J connectivity index is 1.29. The van der Waals surface area contributed by atoms with E-state index in [0.29, 0.717) is 5.95 Å². The molecule has 4 heterocycles. The number of hydrogen-bond donors (Lipinski definition) is 2. The fourth-order valence-electron chi connectivity index (χ4n) is 5.34. The number of rotatable bonds is 5. The molecule has 2 fully saturated rings. The first-order valence-corrected chi connectivity index (χ1v) is 12.1. The van der Waals surface area contributed by atoms with E-state index in [1.165, 1.54) is 5.56 Å². The third-order valence-electron chi connectivity index (χ3n) is 7.04. The summed E-state index contributed by atoms with van der Waals surface area (Å²) in [5.41, 5.74) is 4.32. The molecule has 1 unspecified atom stereocenters. The fourth-order valence-corrected chi connectivity index (χ4v) is 5.34. The molecule has 0 spiro atoms. The Morgan fingerprint density at radius 3 is 2.70 bits per heavy atom. The van der Waals surface area contributed by atoms with E-state index in [1.807, 2.05) is 29.2 Å². The predicted molar refractivity (Wildman–Crippen MR) is 128 cm³/mol. The number of hydrogen-bond acceptors (Lipinski definition) is 6. The van der Waals surface area contributed by atoms with Gasteiger partial charge in [0.2, 0.25) is 11.9 Å². The maximum Gasteiger partial charge on any atom is 0.245 e. The number of aryl methyl sites for hydroxylation is 1. The molecule has 3 aliphatic rings. The van der Waals surface area contributed by atoms with Gasteiger partial charge in [0.1, 0.15) is 11.9 Å². The van der Waals surface area contributed by atoms with Crippen LogP contribution in [0.15, 0.2) is 36.4 Å². The summed E-state index contributed by atoms with van der Waals surface area (Å²) in [5, 5.41) is 11.0. The fraction of sp³-hybridized carbons (Fsp3) is 0.440. The number of carbonyl (C=O) groups is 1. The molecule has 1 amide bonds. The Morgan fingerprint density at radius 2 is 1.85 bits per heavy atom. The number of nitrogens with one attached hydrogen (secondary N) is 2. The normalized spacial score (nSPS) is 19.8. The van der Waals surface area contributed by atoms with E-state index >= 15 is 0 Å². The average molecular weight is 444 g/mol. The summed E-state index contributed by atoms with van der Waals surface area (Å²) in [5.74, 6) is 2.46. The maximum absolute atomic E-state index is 13.2. The van der Waals surface area contributed by atoms with Crippen LogP contribution in [0.1, 0.15) is 43.4 Å². The van der Waals surface area contributed by atoms with Crippen LogP contribution in [0, 0.1) is 0 Å². The zero-order chi connectivity index (χ0) is 22.2. The van der Waals surface area contributed by atoms with Crippen molar-refractivity contribution in [2.45, 2.75) is 51.0 Å². The molecule has 0 saturated carbocycles. The molecule has 2 aliphatic heterocycles. The lowest BCUT2D eigenvalue weighted by Crippen LogP contribution is -2.45. The highest BCUT2D eigenvalue weighted by Gasteiger charge is 2.37. The summed E-state index contributed by atoms with van der Waals surface area (Å²) in [6, 6.07) is 12.0. The van der Waals surface area contributed by atoms with Gasteiger partial charge in [-0.3, -0.25) is 9.89 Å². The van der Waals surface area contributed by atoms with Crippen molar-refractivity contribution < 1.29 is 4.79 Å². The van der Waals surface area contributed by atoms with E-state index in [0.717, 1.165) is 93.2 Å². The summed E-state index contributed by atoms with van der Waals surface area (Å²) in [4.78, 5) is 27.2. The van der Waals surface area contributed by atoms with Crippen molar-refractivity contribution in [3.63, 3.8) is 0 Å². The van der Waals surface area contributed by atoms with E-state index < -0.39 is 0 Å². The third kappa shape index (κ3) is 3.83. The molecule has 1 aliphatic carbocycles. The second-order valence-corrected chi connectivity index (χ2v) is 9.19. The largest absolute Gasteiger partial charge is 0.341 e. The van der Waals surface area contributed by atoms with Gasteiger partial charge in [-0.15, -0.1) is 0 Å². The van der Waals surface area contributed by atoms with Gasteiger partial charge in [0.25, 0.3) is 0 Å². The molecule has 2 aromatic heterocycles. The van der Waals surface area contributed by atoms with Crippen LogP contribution >= 0.6 is 0 Å². The zero-order valence-electron chi connectivity index (χ0n) is 18.8. The molecule has 8 heteroatoms. The third-order valence-corrected chi connectivity index (χ3v) is 7.04. The summed E-state index contributed by atoms with van der Waals surface area (Å²) in [6.45, 7) is 2.58. The number of fused-ring (bicyclic) bond motifs is 1. The molecule has 170 valence electrons. The number of nitrogens with zero attached hydrogens (tertiary/aromatic N) is 5. The number of H-pyrrole nitrogens is 1. The van der Waals surface area contributed by atoms with Crippen LogP contribution in [0.5, 0.6) is 0 Å². The van der Waals surface area contributed by atoms with Crippen LogP contribution in [-0.2, 0) is 17.6 Å². The molecule has 8 nitrogen and oxygen atoms in total. The second kappa shape index (κ2) is 8.50. The molecule has 6 rings (SSSR count). The molecular formula is C25H29N7O. The number of carbonyl (C=O) groups excluding carboxylic acids is 1. The van der Waals surface area contributed by atoms with Crippen molar-refractivity contribution in [1.82, 2.24) is 25.1 Å². The SMILES string of the molecule is O=C(C1CCCN1c1nc2c(c(Nc3cc(-c4ccccc4)[nH]n3)n1)CCC2)N1CCCC1. The topological polar surface area (TPSA) is 90.0 Å². The van der Waals surface area contributed by atoms with Crippen LogP contribution in [0.4, 0.5) is 17.6 Å². The Morgan fingerprint density at radius 1 is 1.00 bits per heavy atom. The van der Waals surface area contributed by atoms with Gasteiger partial charge in [-0.1, -0.05) is 30.3 Å². The molecule has 0 radical (unpaired) electrons. The number of benzene rings is 1. The Bertz CT molecular complexity index is 1150. The highest BCUT2D eigenvalue weighted by atomic mass is 16.2. The Kier molecular flexibility index (Phi) is 5.20. The van der Waals surface area contributed by atoms with Crippen LogP contribution < -0.4 is 10.2 Å². The van der Waals surface area contributed by atoms with Gasteiger partial charge in [-0.25, -0.2) is 4.98 Å². The first-order valence-electron chi connectivity index (χ1n) is 12.1. The minimum atomic E-state index is -0.148. The number of anilines is 3. The van der Waals surface area contributed by atoms with Gasteiger partial charge < -0.3 is 15.1 Å². The molecule has 33 heavy (non-hydrogen) atoms. The summed E-state index contributed by atoms with van der Waals surface area (Å²) in [7, 11) is 0. The van der Waals surface area contributed by atoms with E-state index in [1.54, 1.807) is 0 Å². The highest BCUT2D eigenvalue weighted by Crippen LogP contribution is 2.33. The predicted octanol–water partition coefficient (Wildman–Crippen LogP) is 3.69. The van der Waals surface area contributed by atoms with Gasteiger partial charge in [-0.2, -0.15) is 10.1 Å². The zero-order valence-corrected chi connectivity index (χ0v) is 18.8. The van der Waals surface area contributed by atoms with Crippen molar-refractivity contribution in [2.24, 2.45) is 0 Å².